The molecule has 0 aromatic heterocycles. The van der Waals surface area contributed by atoms with Gasteiger partial charge in [-0.25, -0.2) is 0 Å². The second-order valence-corrected chi connectivity index (χ2v) is 4.90. The lowest BCUT2D eigenvalue weighted by Crippen LogP contribution is -2.33. The van der Waals surface area contributed by atoms with Gasteiger partial charge in [0, 0.05) is 12.5 Å². The van der Waals surface area contributed by atoms with E-state index in [0.29, 0.717) is 24.8 Å². The zero-order valence-electron chi connectivity index (χ0n) is 10.6. The smallest absolute Gasteiger partial charge is 0.151 e. The Morgan fingerprint density at radius 3 is 2.59 bits per heavy atom. The first-order valence-electron chi connectivity index (χ1n) is 6.59. The fourth-order valence-corrected chi connectivity index (χ4v) is 2.22. The number of ketones is 1. The molecule has 2 heteroatoms. The molecule has 0 radical (unpaired) electrons. The number of nitrogens with zero attached hydrogens (tertiary/aromatic N) is 1. The van der Waals surface area contributed by atoms with Crippen LogP contribution in [0.4, 0.5) is 0 Å². The Hall–Kier alpha value is -1.15. The molecule has 1 aromatic rings. The molecule has 0 amide bonds. The van der Waals surface area contributed by atoms with Crippen LogP contribution in [0.1, 0.15) is 31.7 Å². The molecule has 0 spiro atoms. The number of carbonyl (C=O) groups excluding carboxylic acids is 1. The number of hydrogen-bond donors (Lipinski definition) is 0. The second kappa shape index (κ2) is 5.97. The quantitative estimate of drug-likeness (QED) is 0.719. The first kappa shape index (κ1) is 12.3. The van der Waals surface area contributed by atoms with Crippen molar-refractivity contribution in [1.82, 2.24) is 4.90 Å². The largest absolute Gasteiger partial charge is 0.298 e. The summed E-state index contributed by atoms with van der Waals surface area (Å²) in [5, 5.41) is 0. The summed E-state index contributed by atoms with van der Waals surface area (Å²) in [6.45, 7) is 3.87. The molecular weight excluding hydrogens is 210 g/mol. The lowest BCUT2D eigenvalue weighted by Gasteiger charge is -2.20. The first-order chi connectivity index (χ1) is 8.29. The van der Waals surface area contributed by atoms with E-state index in [0.717, 1.165) is 18.5 Å². The molecule has 17 heavy (non-hydrogen) atoms. The SMILES string of the molecule is CCCN(CC(=O)Cc1ccccc1)C1CC1. The minimum absolute atomic E-state index is 0.344. The topological polar surface area (TPSA) is 20.3 Å². The highest BCUT2D eigenvalue weighted by molar-refractivity contribution is 5.82. The van der Waals surface area contributed by atoms with Crippen molar-refractivity contribution in [2.24, 2.45) is 0 Å². The van der Waals surface area contributed by atoms with Gasteiger partial charge in [-0.3, -0.25) is 9.69 Å². The van der Waals surface area contributed by atoms with Crippen molar-refractivity contribution >= 4 is 5.78 Å². The monoisotopic (exact) mass is 231 g/mol. The van der Waals surface area contributed by atoms with Crippen LogP contribution in [0.2, 0.25) is 0 Å². The molecule has 0 saturated heterocycles. The minimum atomic E-state index is 0.344. The van der Waals surface area contributed by atoms with Gasteiger partial charge in [-0.15, -0.1) is 0 Å². The normalized spacial score (nSPS) is 15.2. The molecule has 92 valence electrons. The molecule has 0 atom stereocenters. The van der Waals surface area contributed by atoms with E-state index in [1.54, 1.807) is 0 Å². The standard InChI is InChI=1S/C15H21NO/c1-2-10-16(14-8-9-14)12-15(17)11-13-6-4-3-5-7-13/h3-7,14H,2,8-12H2,1H3. The van der Waals surface area contributed by atoms with Crippen LogP contribution in [0, 0.1) is 0 Å². The van der Waals surface area contributed by atoms with Crippen LogP contribution in [0.25, 0.3) is 0 Å². The summed E-state index contributed by atoms with van der Waals surface area (Å²) < 4.78 is 0. The van der Waals surface area contributed by atoms with Crippen molar-refractivity contribution in [3.05, 3.63) is 35.9 Å². The first-order valence-corrected chi connectivity index (χ1v) is 6.59. The number of Topliss-reactive ketones (excluding diaryl/α,β-unsaturated/α-hetero) is 1. The van der Waals surface area contributed by atoms with Crippen LogP contribution in [0.5, 0.6) is 0 Å². The van der Waals surface area contributed by atoms with E-state index < -0.39 is 0 Å². The Bertz CT molecular complexity index is 356. The molecule has 2 nitrogen and oxygen atoms in total. The molecular formula is C15H21NO. The van der Waals surface area contributed by atoms with E-state index in [4.69, 9.17) is 0 Å². The van der Waals surface area contributed by atoms with Crippen LogP contribution in [-0.4, -0.2) is 29.8 Å². The average molecular weight is 231 g/mol. The molecule has 0 N–H and O–H groups in total. The van der Waals surface area contributed by atoms with Crippen molar-refractivity contribution in [3.8, 4) is 0 Å². The van der Waals surface area contributed by atoms with Gasteiger partial charge in [0.2, 0.25) is 0 Å². The van der Waals surface area contributed by atoms with E-state index in [1.807, 2.05) is 30.3 Å². The summed E-state index contributed by atoms with van der Waals surface area (Å²) in [5.74, 6) is 0.344. The number of hydrogen-bond acceptors (Lipinski definition) is 2. The molecule has 1 aromatic carbocycles. The molecule has 2 rings (SSSR count). The zero-order valence-corrected chi connectivity index (χ0v) is 10.6. The van der Waals surface area contributed by atoms with Crippen LogP contribution in [0.3, 0.4) is 0 Å². The van der Waals surface area contributed by atoms with Crippen molar-refractivity contribution in [3.63, 3.8) is 0 Å². The van der Waals surface area contributed by atoms with E-state index in [-0.39, 0.29) is 0 Å². The lowest BCUT2D eigenvalue weighted by molar-refractivity contribution is -0.119. The van der Waals surface area contributed by atoms with E-state index in [9.17, 15) is 4.79 Å². The summed E-state index contributed by atoms with van der Waals surface area (Å²) in [7, 11) is 0. The van der Waals surface area contributed by atoms with E-state index in [2.05, 4.69) is 11.8 Å². The fourth-order valence-electron chi connectivity index (χ4n) is 2.22. The Labute approximate surface area is 104 Å². The summed E-state index contributed by atoms with van der Waals surface area (Å²) in [4.78, 5) is 14.3. The van der Waals surface area contributed by atoms with Gasteiger partial charge >= 0.3 is 0 Å². The predicted octanol–water partition coefficient (Wildman–Crippen LogP) is 2.67. The maximum atomic E-state index is 12.0. The van der Waals surface area contributed by atoms with Gasteiger partial charge in [0.05, 0.1) is 6.54 Å². The van der Waals surface area contributed by atoms with Crippen molar-refractivity contribution in [2.75, 3.05) is 13.1 Å². The molecule has 0 bridgehead atoms. The Kier molecular flexibility index (Phi) is 4.32. The molecule has 1 aliphatic carbocycles. The van der Waals surface area contributed by atoms with Gasteiger partial charge < -0.3 is 0 Å². The highest BCUT2D eigenvalue weighted by atomic mass is 16.1. The predicted molar refractivity (Wildman–Crippen MR) is 70.0 cm³/mol. The van der Waals surface area contributed by atoms with Gasteiger partial charge in [-0.2, -0.15) is 0 Å². The van der Waals surface area contributed by atoms with Gasteiger partial charge in [-0.05, 0) is 31.4 Å². The maximum Gasteiger partial charge on any atom is 0.151 e. The Morgan fingerprint density at radius 2 is 2.00 bits per heavy atom. The van der Waals surface area contributed by atoms with Crippen molar-refractivity contribution < 1.29 is 4.79 Å². The molecule has 0 unspecified atom stereocenters. The lowest BCUT2D eigenvalue weighted by atomic mass is 10.1. The molecule has 0 heterocycles. The highest BCUT2D eigenvalue weighted by Crippen LogP contribution is 2.26. The third kappa shape index (κ3) is 3.97. The molecule has 1 fully saturated rings. The highest BCUT2D eigenvalue weighted by Gasteiger charge is 2.29. The van der Waals surface area contributed by atoms with E-state index >= 15 is 0 Å². The third-order valence-corrected chi connectivity index (χ3v) is 3.20. The number of rotatable bonds is 7. The molecule has 0 aliphatic heterocycles. The van der Waals surface area contributed by atoms with Gasteiger partial charge in [0.25, 0.3) is 0 Å². The van der Waals surface area contributed by atoms with Crippen LogP contribution < -0.4 is 0 Å². The second-order valence-electron chi connectivity index (χ2n) is 4.90. The Balaban J connectivity index is 1.83. The van der Waals surface area contributed by atoms with Crippen LogP contribution >= 0.6 is 0 Å². The minimum Gasteiger partial charge on any atom is -0.298 e. The van der Waals surface area contributed by atoms with Crippen LogP contribution in [0.15, 0.2) is 30.3 Å². The van der Waals surface area contributed by atoms with Gasteiger partial charge in [-0.1, -0.05) is 37.3 Å². The zero-order chi connectivity index (χ0) is 12.1. The molecule has 1 saturated carbocycles. The van der Waals surface area contributed by atoms with Crippen molar-refractivity contribution in [2.45, 2.75) is 38.6 Å². The van der Waals surface area contributed by atoms with Gasteiger partial charge in [0.1, 0.15) is 0 Å². The fraction of sp³-hybridized carbons (Fsp3) is 0.533. The summed E-state index contributed by atoms with van der Waals surface area (Å²) in [6, 6.07) is 10.7. The summed E-state index contributed by atoms with van der Waals surface area (Å²) in [6.07, 6.45) is 4.26. The van der Waals surface area contributed by atoms with Crippen LogP contribution in [-0.2, 0) is 11.2 Å². The number of carbonyl (C=O) groups is 1. The third-order valence-electron chi connectivity index (χ3n) is 3.20. The van der Waals surface area contributed by atoms with E-state index in [1.165, 1.54) is 12.8 Å². The Morgan fingerprint density at radius 1 is 1.29 bits per heavy atom. The van der Waals surface area contributed by atoms with Crippen molar-refractivity contribution in [1.29, 1.82) is 0 Å². The summed E-state index contributed by atoms with van der Waals surface area (Å²) >= 11 is 0. The maximum absolute atomic E-state index is 12.0. The van der Waals surface area contributed by atoms with Gasteiger partial charge in [0.15, 0.2) is 5.78 Å². The average Bonchev–Trinajstić information content (AvgIpc) is 3.13. The molecule has 1 aliphatic rings. The summed E-state index contributed by atoms with van der Waals surface area (Å²) in [5.41, 5.74) is 1.13. The number of benzene rings is 1.